The first-order valence-electron chi connectivity index (χ1n) is 9.22. The zero-order valence-corrected chi connectivity index (χ0v) is 19.0. The molecule has 1 N–H and O–H groups in total. The Labute approximate surface area is 188 Å². The van der Waals surface area contributed by atoms with E-state index < -0.39 is 5.91 Å². The first-order chi connectivity index (χ1) is 14.4. The number of halogens is 1. The molecule has 1 aliphatic rings. The Bertz CT molecular complexity index is 1030. The van der Waals surface area contributed by atoms with Crippen molar-refractivity contribution in [2.45, 2.75) is 26.5 Å². The fraction of sp³-hybridized carbons (Fsp3) is 0.273. The molecule has 0 radical (unpaired) electrons. The third-order valence-corrected chi connectivity index (χ3v) is 4.97. The molecule has 30 heavy (non-hydrogen) atoms. The average molecular weight is 520 g/mol. The lowest BCUT2D eigenvalue weighted by molar-refractivity contribution is -0.117. The van der Waals surface area contributed by atoms with Gasteiger partial charge in [-0.25, -0.2) is 0 Å². The van der Waals surface area contributed by atoms with E-state index in [2.05, 4.69) is 27.9 Å². The predicted molar refractivity (Wildman–Crippen MR) is 119 cm³/mol. The predicted octanol–water partition coefficient (Wildman–Crippen LogP) is 4.04. The highest BCUT2D eigenvalue weighted by molar-refractivity contribution is 14.1. The number of fused-ring (bicyclic) bond motifs is 1. The average Bonchev–Trinajstić information content (AvgIpc) is 3.18. The van der Waals surface area contributed by atoms with Gasteiger partial charge in [0.2, 0.25) is 6.79 Å². The molecule has 2 aromatic rings. The van der Waals surface area contributed by atoms with Gasteiger partial charge in [0.05, 0.1) is 10.7 Å². The van der Waals surface area contributed by atoms with Crippen LogP contribution in [-0.2, 0) is 11.4 Å². The van der Waals surface area contributed by atoms with E-state index in [1.165, 1.54) is 6.08 Å². The van der Waals surface area contributed by atoms with Crippen LogP contribution in [0.5, 0.6) is 23.0 Å². The number of amides is 1. The van der Waals surface area contributed by atoms with Gasteiger partial charge in [-0.3, -0.25) is 4.79 Å². The van der Waals surface area contributed by atoms with E-state index in [1.807, 2.05) is 44.2 Å². The van der Waals surface area contributed by atoms with Gasteiger partial charge in [0.1, 0.15) is 18.2 Å². The highest BCUT2D eigenvalue weighted by Gasteiger charge is 2.16. The monoisotopic (exact) mass is 520 g/mol. The van der Waals surface area contributed by atoms with Crippen molar-refractivity contribution in [1.29, 1.82) is 5.26 Å². The first-order valence-corrected chi connectivity index (χ1v) is 10.3. The van der Waals surface area contributed by atoms with E-state index in [4.69, 9.17) is 18.9 Å². The van der Waals surface area contributed by atoms with Crippen molar-refractivity contribution in [1.82, 2.24) is 5.32 Å². The van der Waals surface area contributed by atoms with Crippen LogP contribution in [0.15, 0.2) is 35.9 Å². The van der Waals surface area contributed by atoms with Gasteiger partial charge in [0.25, 0.3) is 5.91 Å². The molecule has 0 spiro atoms. The molecule has 0 aliphatic carbocycles. The van der Waals surface area contributed by atoms with E-state index in [1.54, 1.807) is 13.2 Å². The molecule has 0 fully saturated rings. The van der Waals surface area contributed by atoms with Crippen molar-refractivity contribution >= 4 is 34.6 Å². The molecule has 0 saturated carbocycles. The number of nitrogens with zero attached hydrogens (tertiary/aromatic N) is 1. The number of nitrogens with one attached hydrogen (secondary N) is 1. The quantitative estimate of drug-likeness (QED) is 0.337. The number of hydrogen-bond donors (Lipinski definition) is 1. The molecule has 0 bridgehead atoms. The Balaban J connectivity index is 1.81. The van der Waals surface area contributed by atoms with Gasteiger partial charge in [-0.15, -0.1) is 0 Å². The number of ether oxygens (including phenoxy) is 4. The Hall–Kier alpha value is -2.93. The van der Waals surface area contributed by atoms with Crippen molar-refractivity contribution in [3.8, 4) is 29.1 Å². The topological polar surface area (TPSA) is 89.8 Å². The van der Waals surface area contributed by atoms with Crippen LogP contribution in [0.3, 0.4) is 0 Å². The lowest BCUT2D eigenvalue weighted by atomic mass is 10.1. The van der Waals surface area contributed by atoms with Gasteiger partial charge in [-0.1, -0.05) is 6.07 Å². The summed E-state index contributed by atoms with van der Waals surface area (Å²) in [6.45, 7) is 4.22. The van der Waals surface area contributed by atoms with Crippen molar-refractivity contribution in [2.24, 2.45) is 0 Å². The summed E-state index contributed by atoms with van der Waals surface area (Å²) in [4.78, 5) is 12.2. The molecular weight excluding hydrogens is 499 g/mol. The van der Waals surface area contributed by atoms with E-state index in [0.29, 0.717) is 29.4 Å². The van der Waals surface area contributed by atoms with Crippen molar-refractivity contribution in [3.63, 3.8) is 0 Å². The molecule has 0 aromatic heterocycles. The number of carbonyl (C=O) groups excluding carboxylic acids is 1. The Morgan fingerprint density at radius 2 is 2.07 bits per heavy atom. The van der Waals surface area contributed by atoms with Crippen LogP contribution >= 0.6 is 22.6 Å². The van der Waals surface area contributed by atoms with E-state index >= 15 is 0 Å². The molecule has 8 heteroatoms. The van der Waals surface area contributed by atoms with E-state index in [-0.39, 0.29) is 18.4 Å². The summed E-state index contributed by atoms with van der Waals surface area (Å²) in [5.41, 5.74) is 1.62. The molecular formula is C22H21IN2O5. The number of nitriles is 1. The van der Waals surface area contributed by atoms with Crippen LogP contribution in [0.25, 0.3) is 6.08 Å². The molecule has 156 valence electrons. The van der Waals surface area contributed by atoms with Gasteiger partial charge >= 0.3 is 0 Å². The number of rotatable bonds is 7. The lowest BCUT2D eigenvalue weighted by Gasteiger charge is -2.14. The molecule has 2 aromatic carbocycles. The zero-order valence-electron chi connectivity index (χ0n) is 16.8. The summed E-state index contributed by atoms with van der Waals surface area (Å²) >= 11 is 2.14. The SMILES string of the molecule is COc1cc(/C=C(/C#N)C(=O)NC(C)C)cc(I)c1OCc1ccc2c(c1)OCO2. The van der Waals surface area contributed by atoms with E-state index in [9.17, 15) is 10.1 Å². The van der Waals surface area contributed by atoms with E-state index in [0.717, 1.165) is 14.9 Å². The van der Waals surface area contributed by atoms with Crippen LogP contribution in [0, 0.1) is 14.9 Å². The van der Waals surface area contributed by atoms with Crippen LogP contribution in [0.1, 0.15) is 25.0 Å². The third-order valence-electron chi connectivity index (χ3n) is 4.17. The second-order valence-corrected chi connectivity index (χ2v) is 7.97. The van der Waals surface area contributed by atoms with Crippen molar-refractivity contribution < 1.29 is 23.7 Å². The highest BCUT2D eigenvalue weighted by Crippen LogP contribution is 2.36. The highest BCUT2D eigenvalue weighted by atomic mass is 127. The van der Waals surface area contributed by atoms with Crippen LogP contribution in [0.2, 0.25) is 0 Å². The number of benzene rings is 2. The molecule has 1 aliphatic heterocycles. The molecule has 0 saturated heterocycles. The maximum Gasteiger partial charge on any atom is 0.262 e. The van der Waals surface area contributed by atoms with Gasteiger partial charge in [0.15, 0.2) is 23.0 Å². The molecule has 1 amide bonds. The third kappa shape index (κ3) is 5.16. The first kappa shape index (κ1) is 21.8. The molecule has 7 nitrogen and oxygen atoms in total. The van der Waals surface area contributed by atoms with Gasteiger partial charge < -0.3 is 24.3 Å². The maximum absolute atomic E-state index is 12.2. The molecule has 0 unspecified atom stereocenters. The second kappa shape index (κ2) is 9.71. The lowest BCUT2D eigenvalue weighted by Crippen LogP contribution is -2.30. The maximum atomic E-state index is 12.2. The second-order valence-electron chi connectivity index (χ2n) is 6.81. The largest absolute Gasteiger partial charge is 0.493 e. The summed E-state index contributed by atoms with van der Waals surface area (Å²) in [7, 11) is 1.54. The minimum Gasteiger partial charge on any atom is -0.493 e. The zero-order chi connectivity index (χ0) is 21.7. The molecule has 1 heterocycles. The Kier molecular flexibility index (Phi) is 7.05. The number of carbonyl (C=O) groups is 1. The fourth-order valence-electron chi connectivity index (χ4n) is 2.80. The van der Waals surface area contributed by atoms with Crippen LogP contribution in [-0.4, -0.2) is 25.9 Å². The number of methoxy groups -OCH3 is 1. The summed E-state index contributed by atoms with van der Waals surface area (Å²) in [6, 6.07) is 11.1. The fourth-order valence-corrected chi connectivity index (χ4v) is 3.59. The Morgan fingerprint density at radius 3 is 2.77 bits per heavy atom. The minimum absolute atomic E-state index is 0.0237. The molecule has 3 rings (SSSR count). The van der Waals surface area contributed by atoms with Gasteiger partial charge in [-0.2, -0.15) is 5.26 Å². The van der Waals surface area contributed by atoms with Crippen molar-refractivity contribution in [3.05, 3.63) is 50.6 Å². The number of hydrogen-bond acceptors (Lipinski definition) is 6. The summed E-state index contributed by atoms with van der Waals surface area (Å²) in [6.07, 6.45) is 1.53. The normalized spacial score (nSPS) is 12.5. The summed E-state index contributed by atoms with van der Waals surface area (Å²) < 4.78 is 23.0. The van der Waals surface area contributed by atoms with Crippen molar-refractivity contribution in [2.75, 3.05) is 13.9 Å². The summed E-state index contributed by atoms with van der Waals surface area (Å²) in [5.74, 6) is 2.09. The smallest absolute Gasteiger partial charge is 0.262 e. The van der Waals surface area contributed by atoms with Crippen LogP contribution < -0.4 is 24.3 Å². The minimum atomic E-state index is -0.412. The van der Waals surface area contributed by atoms with Crippen LogP contribution in [0.4, 0.5) is 0 Å². The van der Waals surface area contributed by atoms with Gasteiger partial charge in [0, 0.05) is 6.04 Å². The standard InChI is InChI=1S/C22H21IN2O5/c1-13(2)25-22(26)16(10-24)6-15-7-17(23)21(20(9-15)27-3)28-11-14-4-5-18-19(8-14)30-12-29-18/h4-9,13H,11-12H2,1-3H3,(H,25,26)/b16-6-. The van der Waals surface area contributed by atoms with Gasteiger partial charge in [-0.05, 0) is 77.9 Å². The summed E-state index contributed by atoms with van der Waals surface area (Å²) in [5, 5.41) is 12.1. The molecule has 0 atom stereocenters. The Morgan fingerprint density at radius 1 is 1.30 bits per heavy atom.